The summed E-state index contributed by atoms with van der Waals surface area (Å²) in [6.45, 7) is 7.83. The molecule has 0 N–H and O–H groups in total. The van der Waals surface area contributed by atoms with Crippen molar-refractivity contribution in [3.63, 3.8) is 0 Å². The molecule has 5 nitrogen and oxygen atoms in total. The molecule has 0 saturated carbocycles. The van der Waals surface area contributed by atoms with E-state index in [1.54, 1.807) is 0 Å². The molecule has 0 radical (unpaired) electrons. The smallest absolute Gasteiger partial charge is 0.306 e. The van der Waals surface area contributed by atoms with Crippen LogP contribution in [-0.4, -0.2) is 37.9 Å². The van der Waals surface area contributed by atoms with E-state index in [-0.39, 0.29) is 25.2 Å². The van der Waals surface area contributed by atoms with E-state index < -0.39 is 6.10 Å². The summed E-state index contributed by atoms with van der Waals surface area (Å²) in [7, 11) is 0. The van der Waals surface area contributed by atoms with Crippen molar-refractivity contribution in [1.82, 2.24) is 0 Å². The Hall–Kier alpha value is -1.88. The minimum atomic E-state index is -0.537. The van der Waals surface area contributed by atoms with Gasteiger partial charge in [0.05, 0.1) is 6.61 Å². The number of hydrogen-bond donors (Lipinski definition) is 0. The van der Waals surface area contributed by atoms with Crippen LogP contribution in [0.2, 0.25) is 0 Å². The number of allylic oxidation sites excluding steroid dienone is 6. The molecule has 5 heteroatoms. The monoisotopic (exact) mass is 899 g/mol. The molecule has 0 aliphatic carbocycles. The van der Waals surface area contributed by atoms with Crippen molar-refractivity contribution in [2.75, 3.05) is 19.8 Å². The summed E-state index contributed by atoms with van der Waals surface area (Å²) in [6.07, 6.45) is 67.3. The van der Waals surface area contributed by atoms with Crippen LogP contribution in [0.1, 0.15) is 303 Å². The lowest BCUT2D eigenvalue weighted by Gasteiger charge is -2.18. The summed E-state index contributed by atoms with van der Waals surface area (Å²) in [5.74, 6) is -0.395. The summed E-state index contributed by atoms with van der Waals surface area (Å²) in [6, 6.07) is 0. The van der Waals surface area contributed by atoms with Crippen molar-refractivity contribution in [3.8, 4) is 0 Å². The molecule has 0 heterocycles. The first kappa shape index (κ1) is 62.1. The third-order valence-corrected chi connectivity index (χ3v) is 12.6. The highest BCUT2D eigenvalue weighted by Gasteiger charge is 2.17. The Labute approximate surface area is 400 Å². The fourth-order valence-electron chi connectivity index (χ4n) is 8.36. The third-order valence-electron chi connectivity index (χ3n) is 12.6. The largest absolute Gasteiger partial charge is 0.462 e. The van der Waals surface area contributed by atoms with Gasteiger partial charge in [-0.2, -0.15) is 0 Å². The van der Waals surface area contributed by atoms with E-state index in [1.165, 1.54) is 218 Å². The van der Waals surface area contributed by atoms with Gasteiger partial charge in [0.2, 0.25) is 0 Å². The Balaban J connectivity index is 4.23. The Morgan fingerprint density at radius 1 is 0.344 bits per heavy atom. The second-order valence-electron chi connectivity index (χ2n) is 19.2. The Morgan fingerprint density at radius 2 is 0.656 bits per heavy atom. The van der Waals surface area contributed by atoms with Gasteiger partial charge >= 0.3 is 11.9 Å². The molecule has 64 heavy (non-hydrogen) atoms. The van der Waals surface area contributed by atoms with Crippen molar-refractivity contribution in [3.05, 3.63) is 36.5 Å². The molecule has 0 fully saturated rings. The molecule has 0 bridgehead atoms. The molecular weight excluding hydrogens is 789 g/mol. The average Bonchev–Trinajstić information content (AvgIpc) is 3.30. The highest BCUT2D eigenvalue weighted by atomic mass is 16.6. The number of rotatable bonds is 53. The zero-order valence-electron chi connectivity index (χ0n) is 43.3. The van der Waals surface area contributed by atoms with E-state index in [0.717, 1.165) is 51.4 Å². The highest BCUT2D eigenvalue weighted by Crippen LogP contribution is 2.16. The number of hydrogen-bond acceptors (Lipinski definition) is 5. The van der Waals surface area contributed by atoms with Gasteiger partial charge in [-0.1, -0.05) is 250 Å². The predicted octanol–water partition coefficient (Wildman–Crippen LogP) is 19.4. The topological polar surface area (TPSA) is 61.8 Å². The van der Waals surface area contributed by atoms with Crippen LogP contribution in [0.5, 0.6) is 0 Å². The van der Waals surface area contributed by atoms with Crippen LogP contribution in [0.15, 0.2) is 36.5 Å². The highest BCUT2D eigenvalue weighted by molar-refractivity contribution is 5.70. The molecule has 1 atom stereocenters. The van der Waals surface area contributed by atoms with Gasteiger partial charge in [-0.05, 0) is 77.0 Å². The Bertz CT molecular complexity index is 1020. The van der Waals surface area contributed by atoms with Crippen molar-refractivity contribution < 1.29 is 23.8 Å². The molecule has 0 aliphatic rings. The summed E-state index contributed by atoms with van der Waals surface area (Å²) in [5.41, 5.74) is 0. The maximum atomic E-state index is 12.9. The minimum absolute atomic E-state index is 0.0845. The van der Waals surface area contributed by atoms with Crippen molar-refractivity contribution >= 4 is 11.9 Å². The molecular formula is C59H110O5. The maximum Gasteiger partial charge on any atom is 0.306 e. The van der Waals surface area contributed by atoms with Crippen LogP contribution in [0.3, 0.4) is 0 Å². The van der Waals surface area contributed by atoms with E-state index in [9.17, 15) is 9.59 Å². The standard InChI is InChI=1S/C59H110O5/c1-4-7-10-13-16-19-22-25-27-29-30-31-32-35-38-41-44-47-50-53-59(61)64-57(56-63-58(60)52-49-46-43-40-37-34-24-21-18-15-12-9-6-3)55-62-54-51-48-45-42-39-36-33-28-26-23-20-17-14-11-8-5-2/h16,19,21,24-25,27,57H,4-15,17-18,20,22-23,26,28-56H2,1-3H3/b19-16-,24-21-,27-25-/t57-/m1/s1. The van der Waals surface area contributed by atoms with Crippen LogP contribution in [-0.2, 0) is 23.8 Å². The molecule has 0 amide bonds. The second kappa shape index (κ2) is 55.4. The van der Waals surface area contributed by atoms with Gasteiger partial charge in [0, 0.05) is 19.4 Å². The summed E-state index contributed by atoms with van der Waals surface area (Å²) in [5, 5.41) is 0. The van der Waals surface area contributed by atoms with Gasteiger partial charge < -0.3 is 14.2 Å². The van der Waals surface area contributed by atoms with Crippen LogP contribution in [0.4, 0.5) is 0 Å². The number of ether oxygens (including phenoxy) is 3. The third kappa shape index (κ3) is 52.7. The van der Waals surface area contributed by atoms with E-state index in [4.69, 9.17) is 14.2 Å². The maximum absolute atomic E-state index is 12.9. The van der Waals surface area contributed by atoms with E-state index in [1.807, 2.05) is 0 Å². The number of carbonyl (C=O) groups excluding carboxylic acids is 2. The quantitative estimate of drug-likeness (QED) is 0.0346. The Kier molecular flexibility index (Phi) is 53.8. The SMILES string of the molecule is CCCCC/C=C\C/C=C\CCCCCCCCCCCC(=O)O[C@H](COCCCCCCCCCCCCCCCCCC)COC(=O)CCCCCCC/C=C\CCCCCC. The average molecular weight is 900 g/mol. The van der Waals surface area contributed by atoms with Gasteiger partial charge in [-0.3, -0.25) is 9.59 Å². The molecule has 0 aromatic carbocycles. The lowest BCUT2D eigenvalue weighted by Crippen LogP contribution is -2.30. The van der Waals surface area contributed by atoms with Crippen molar-refractivity contribution in [1.29, 1.82) is 0 Å². The van der Waals surface area contributed by atoms with Crippen LogP contribution in [0, 0.1) is 0 Å². The van der Waals surface area contributed by atoms with E-state index in [0.29, 0.717) is 19.4 Å². The van der Waals surface area contributed by atoms with Crippen LogP contribution >= 0.6 is 0 Å². The first-order chi connectivity index (χ1) is 31.6. The number of carbonyl (C=O) groups is 2. The van der Waals surface area contributed by atoms with Gasteiger partial charge in [-0.25, -0.2) is 0 Å². The lowest BCUT2D eigenvalue weighted by molar-refractivity contribution is -0.163. The van der Waals surface area contributed by atoms with Crippen molar-refractivity contribution in [2.45, 2.75) is 309 Å². The minimum Gasteiger partial charge on any atom is -0.462 e. The van der Waals surface area contributed by atoms with Crippen LogP contribution in [0.25, 0.3) is 0 Å². The lowest BCUT2D eigenvalue weighted by atomic mass is 10.0. The summed E-state index contributed by atoms with van der Waals surface area (Å²) in [4.78, 5) is 25.5. The van der Waals surface area contributed by atoms with Crippen LogP contribution < -0.4 is 0 Å². The van der Waals surface area contributed by atoms with Gasteiger partial charge in [0.15, 0.2) is 6.10 Å². The number of unbranched alkanes of at least 4 members (excludes halogenated alkanes) is 36. The molecule has 0 aromatic heterocycles. The fraction of sp³-hybridized carbons (Fsp3) is 0.864. The molecule has 0 rings (SSSR count). The first-order valence-electron chi connectivity index (χ1n) is 28.5. The molecule has 376 valence electrons. The molecule has 0 saturated heterocycles. The normalized spacial score (nSPS) is 12.4. The summed E-state index contributed by atoms with van der Waals surface area (Å²) < 4.78 is 17.5. The first-order valence-corrected chi connectivity index (χ1v) is 28.5. The Morgan fingerprint density at radius 3 is 1.09 bits per heavy atom. The predicted molar refractivity (Wildman–Crippen MR) is 279 cm³/mol. The second-order valence-corrected chi connectivity index (χ2v) is 19.2. The van der Waals surface area contributed by atoms with Gasteiger partial charge in [0.1, 0.15) is 6.61 Å². The van der Waals surface area contributed by atoms with Crippen molar-refractivity contribution in [2.24, 2.45) is 0 Å². The molecule has 0 aromatic rings. The van der Waals surface area contributed by atoms with Gasteiger partial charge in [0.25, 0.3) is 0 Å². The zero-order valence-corrected chi connectivity index (χ0v) is 43.3. The number of esters is 2. The molecule has 0 aliphatic heterocycles. The molecule has 0 spiro atoms. The fourth-order valence-corrected chi connectivity index (χ4v) is 8.36. The van der Waals surface area contributed by atoms with E-state index in [2.05, 4.69) is 57.2 Å². The summed E-state index contributed by atoms with van der Waals surface area (Å²) >= 11 is 0. The zero-order chi connectivity index (χ0) is 46.3. The van der Waals surface area contributed by atoms with Gasteiger partial charge in [-0.15, -0.1) is 0 Å². The molecule has 0 unspecified atom stereocenters. The van der Waals surface area contributed by atoms with E-state index >= 15 is 0 Å².